The zero-order chi connectivity index (χ0) is 15.7. The van der Waals surface area contributed by atoms with Gasteiger partial charge in [-0.25, -0.2) is 0 Å². The Morgan fingerprint density at radius 2 is 2.41 bits per heavy atom. The second kappa shape index (κ2) is 6.18. The topological polar surface area (TPSA) is 68.5 Å². The van der Waals surface area contributed by atoms with Crippen molar-refractivity contribution in [3.8, 4) is 0 Å². The number of ether oxygens (including phenoxy) is 1. The molecular weight excluding hydrogens is 302 g/mol. The number of carbonyl (C=O) groups is 1. The third kappa shape index (κ3) is 2.78. The monoisotopic (exact) mass is 321 g/mol. The number of hydrogen-bond acceptors (Lipinski definition) is 6. The van der Waals surface area contributed by atoms with Gasteiger partial charge in [-0.05, 0) is 25.3 Å². The van der Waals surface area contributed by atoms with Gasteiger partial charge in [0, 0.05) is 25.0 Å². The summed E-state index contributed by atoms with van der Waals surface area (Å²) >= 11 is 1.60. The van der Waals surface area contributed by atoms with Crippen LogP contribution in [0.1, 0.15) is 41.9 Å². The van der Waals surface area contributed by atoms with Crippen LogP contribution in [-0.4, -0.2) is 40.7 Å². The van der Waals surface area contributed by atoms with Gasteiger partial charge in [-0.3, -0.25) is 4.79 Å². The van der Waals surface area contributed by atoms with E-state index in [9.17, 15) is 4.79 Å². The van der Waals surface area contributed by atoms with Crippen LogP contribution in [0.15, 0.2) is 22.0 Å². The highest BCUT2D eigenvalue weighted by Gasteiger charge is 2.41. The number of aryl methyl sites for hydroxylation is 1. The molecule has 1 unspecified atom stereocenters. The fourth-order valence-corrected chi connectivity index (χ4v) is 3.58. The second-order valence-electron chi connectivity index (χ2n) is 5.52. The van der Waals surface area contributed by atoms with Crippen molar-refractivity contribution in [3.05, 3.63) is 34.1 Å². The number of methoxy groups -OCH3 is 1. The molecule has 2 aromatic heterocycles. The van der Waals surface area contributed by atoms with E-state index in [2.05, 4.69) is 10.1 Å². The molecule has 3 atom stereocenters. The number of carbonyl (C=O) groups excluding carboxylic acids is 1. The second-order valence-corrected chi connectivity index (χ2v) is 6.50. The normalized spacial score (nSPS) is 23.0. The minimum atomic E-state index is -0.207. The average Bonchev–Trinajstić information content (AvgIpc) is 3.25. The average molecular weight is 321 g/mol. The highest BCUT2D eigenvalue weighted by molar-refractivity contribution is 7.10. The van der Waals surface area contributed by atoms with Crippen molar-refractivity contribution < 1.29 is 14.1 Å². The van der Waals surface area contributed by atoms with Crippen LogP contribution in [0.25, 0.3) is 0 Å². The molecule has 2 aromatic rings. The molecule has 3 heterocycles. The lowest BCUT2D eigenvalue weighted by molar-refractivity contribution is -0.134. The van der Waals surface area contributed by atoms with Gasteiger partial charge in [0.05, 0.1) is 12.0 Å². The van der Waals surface area contributed by atoms with Crippen LogP contribution in [0.5, 0.6) is 0 Å². The molecule has 0 bridgehead atoms. The summed E-state index contributed by atoms with van der Waals surface area (Å²) in [7, 11) is 1.66. The summed E-state index contributed by atoms with van der Waals surface area (Å²) in [4.78, 5) is 20.0. The lowest BCUT2D eigenvalue weighted by atomic mass is 10.1. The predicted octanol–water partition coefficient (Wildman–Crippen LogP) is 2.53. The van der Waals surface area contributed by atoms with Gasteiger partial charge < -0.3 is 14.2 Å². The molecule has 1 amide bonds. The molecule has 0 saturated carbocycles. The van der Waals surface area contributed by atoms with Crippen molar-refractivity contribution in [2.75, 3.05) is 13.7 Å². The number of aromatic nitrogens is 2. The molecule has 1 fully saturated rings. The first-order chi connectivity index (χ1) is 10.6. The Bertz CT molecular complexity index is 640. The number of nitrogens with zero attached hydrogens (tertiary/aromatic N) is 3. The van der Waals surface area contributed by atoms with E-state index in [-0.39, 0.29) is 24.0 Å². The third-order valence-electron chi connectivity index (χ3n) is 4.05. The van der Waals surface area contributed by atoms with Gasteiger partial charge in [0.25, 0.3) is 0 Å². The van der Waals surface area contributed by atoms with Crippen molar-refractivity contribution in [2.24, 2.45) is 0 Å². The summed E-state index contributed by atoms with van der Waals surface area (Å²) in [5, 5.41) is 5.82. The molecule has 1 aliphatic rings. The third-order valence-corrected chi connectivity index (χ3v) is 5.10. The number of thiophene rings is 1. The van der Waals surface area contributed by atoms with E-state index in [4.69, 9.17) is 9.26 Å². The van der Waals surface area contributed by atoms with Crippen molar-refractivity contribution >= 4 is 17.2 Å². The first kappa shape index (κ1) is 15.2. The highest BCUT2D eigenvalue weighted by atomic mass is 32.1. The summed E-state index contributed by atoms with van der Waals surface area (Å²) in [6.45, 7) is 4.26. The van der Waals surface area contributed by atoms with Crippen molar-refractivity contribution in [1.29, 1.82) is 0 Å². The molecule has 7 heteroatoms. The molecular formula is C15H19N3O3S. The Morgan fingerprint density at radius 3 is 3.00 bits per heavy atom. The van der Waals surface area contributed by atoms with Crippen molar-refractivity contribution in [3.63, 3.8) is 0 Å². The Kier molecular flexibility index (Phi) is 4.26. The van der Waals surface area contributed by atoms with Crippen molar-refractivity contribution in [2.45, 2.75) is 38.3 Å². The molecule has 0 aromatic carbocycles. The quantitative estimate of drug-likeness (QED) is 0.865. The van der Waals surface area contributed by atoms with Crippen LogP contribution in [0.2, 0.25) is 0 Å². The Labute approximate surface area is 133 Å². The van der Waals surface area contributed by atoms with Gasteiger partial charge in [0.1, 0.15) is 6.04 Å². The molecule has 118 valence electrons. The fourth-order valence-electron chi connectivity index (χ4n) is 2.80. The highest BCUT2D eigenvalue weighted by Crippen LogP contribution is 2.35. The van der Waals surface area contributed by atoms with E-state index in [1.165, 1.54) is 0 Å². The molecule has 0 radical (unpaired) electrons. The zero-order valence-corrected chi connectivity index (χ0v) is 13.7. The van der Waals surface area contributed by atoms with Crippen LogP contribution in [-0.2, 0) is 9.53 Å². The van der Waals surface area contributed by atoms with Crippen LogP contribution in [0.3, 0.4) is 0 Å². The van der Waals surface area contributed by atoms with Crippen LogP contribution in [0, 0.1) is 6.92 Å². The summed E-state index contributed by atoms with van der Waals surface area (Å²) < 4.78 is 10.7. The first-order valence-corrected chi connectivity index (χ1v) is 8.15. The maximum absolute atomic E-state index is 12.9. The molecule has 1 aliphatic heterocycles. The standard InChI is InChI=1S/C15H19N3O3S/c1-9(13-5-4-6-22-13)15(19)18-8-11(20-3)7-12(18)14-16-10(2)17-21-14/h4-6,9,11-12H,7-8H2,1-3H3/t9?,11-,12+/m0/s1. The lowest BCUT2D eigenvalue weighted by Crippen LogP contribution is -2.35. The Hall–Kier alpha value is -1.73. The van der Waals surface area contributed by atoms with E-state index < -0.39 is 0 Å². The molecule has 0 aliphatic carbocycles. The molecule has 3 rings (SSSR count). The Balaban J connectivity index is 1.84. The Morgan fingerprint density at radius 1 is 1.59 bits per heavy atom. The minimum absolute atomic E-state index is 0.00306. The van der Waals surface area contributed by atoms with Gasteiger partial charge in [-0.2, -0.15) is 4.98 Å². The van der Waals surface area contributed by atoms with Gasteiger partial charge in [0.2, 0.25) is 11.8 Å². The molecule has 6 nitrogen and oxygen atoms in total. The van der Waals surface area contributed by atoms with Crippen molar-refractivity contribution in [1.82, 2.24) is 15.0 Å². The maximum atomic E-state index is 12.9. The van der Waals surface area contributed by atoms with E-state index in [0.29, 0.717) is 24.7 Å². The molecule has 0 spiro atoms. The van der Waals surface area contributed by atoms with Crippen LogP contribution >= 0.6 is 11.3 Å². The maximum Gasteiger partial charge on any atom is 0.249 e. The number of hydrogen-bond donors (Lipinski definition) is 0. The van der Waals surface area contributed by atoms with Gasteiger partial charge >= 0.3 is 0 Å². The first-order valence-electron chi connectivity index (χ1n) is 7.27. The summed E-state index contributed by atoms with van der Waals surface area (Å²) in [5.74, 6) is 0.961. The lowest BCUT2D eigenvalue weighted by Gasteiger charge is -2.24. The van der Waals surface area contributed by atoms with E-state index in [1.54, 1.807) is 25.4 Å². The molecule has 0 N–H and O–H groups in total. The number of rotatable bonds is 4. The van der Waals surface area contributed by atoms with Gasteiger partial charge in [0.15, 0.2) is 5.82 Å². The van der Waals surface area contributed by atoms with E-state index >= 15 is 0 Å². The SMILES string of the molecule is CO[C@H]1C[C@H](c2nc(C)no2)N(C(=O)C(C)c2cccs2)C1. The summed E-state index contributed by atoms with van der Waals surface area (Å²) in [5.41, 5.74) is 0. The van der Waals surface area contributed by atoms with E-state index in [1.807, 2.05) is 29.3 Å². The van der Waals surface area contributed by atoms with Gasteiger partial charge in [-0.15, -0.1) is 11.3 Å². The largest absolute Gasteiger partial charge is 0.380 e. The number of amides is 1. The van der Waals surface area contributed by atoms with Crippen LogP contribution in [0.4, 0.5) is 0 Å². The molecule has 22 heavy (non-hydrogen) atoms. The van der Waals surface area contributed by atoms with Gasteiger partial charge in [-0.1, -0.05) is 11.2 Å². The smallest absolute Gasteiger partial charge is 0.249 e. The number of likely N-dealkylation sites (tertiary alicyclic amines) is 1. The fraction of sp³-hybridized carbons (Fsp3) is 0.533. The van der Waals surface area contributed by atoms with Crippen LogP contribution < -0.4 is 0 Å². The zero-order valence-electron chi connectivity index (χ0n) is 12.9. The summed E-state index contributed by atoms with van der Waals surface area (Å²) in [6.07, 6.45) is 0.679. The summed E-state index contributed by atoms with van der Waals surface area (Å²) in [6, 6.07) is 3.74. The molecule has 1 saturated heterocycles. The van der Waals surface area contributed by atoms with E-state index in [0.717, 1.165) is 4.88 Å². The minimum Gasteiger partial charge on any atom is -0.380 e. The predicted molar refractivity (Wildman–Crippen MR) is 81.6 cm³/mol.